The van der Waals surface area contributed by atoms with Gasteiger partial charge in [0.1, 0.15) is 0 Å². The van der Waals surface area contributed by atoms with Gasteiger partial charge in [0.2, 0.25) is 11.8 Å². The molecule has 3 saturated heterocycles. The maximum Gasteiger partial charge on any atom is 0.254 e. The molecule has 4 amide bonds. The topological polar surface area (TPSA) is 107 Å². The lowest BCUT2D eigenvalue weighted by Crippen LogP contribution is -2.60. The summed E-state index contributed by atoms with van der Waals surface area (Å²) in [6.07, 6.45) is 1.70. The number of carbonyl (C=O) groups is 4. The summed E-state index contributed by atoms with van der Waals surface area (Å²) >= 11 is 17.5. The first-order valence-electron chi connectivity index (χ1n) is 14.3. The van der Waals surface area contributed by atoms with Crippen LogP contribution in [0.4, 0.5) is 15.8 Å². The summed E-state index contributed by atoms with van der Waals surface area (Å²) in [7, 11) is 0. The zero-order chi connectivity index (χ0) is 31.1. The Kier molecular flexibility index (Phi) is 7.11. The Labute approximate surface area is 270 Å². The molecular weight excluding hydrogens is 680 g/mol. The molecule has 2 aliphatic carbocycles. The number of aromatic hydroxyl groups is 1. The number of ether oxygens (including phenoxy) is 1. The second kappa shape index (κ2) is 10.5. The average Bonchev–Trinajstić information content (AvgIpc) is 3.37. The van der Waals surface area contributed by atoms with Gasteiger partial charge in [-0.2, -0.15) is 0 Å². The number of anilines is 2. The Bertz CT molecular complexity index is 1630. The van der Waals surface area contributed by atoms with Crippen molar-refractivity contribution in [2.24, 2.45) is 17.8 Å². The van der Waals surface area contributed by atoms with Gasteiger partial charge in [-0.25, -0.2) is 4.39 Å². The van der Waals surface area contributed by atoms with Crippen LogP contribution >= 0.6 is 39.1 Å². The molecular formula is C31H27BrCl2FN3O6. The van der Waals surface area contributed by atoms with Crippen molar-refractivity contribution in [2.75, 3.05) is 41.6 Å². The van der Waals surface area contributed by atoms with Crippen LogP contribution in [0.15, 0.2) is 54.1 Å². The lowest BCUT2D eigenvalue weighted by Gasteiger charge is -2.50. The maximum atomic E-state index is 14.7. The van der Waals surface area contributed by atoms with Gasteiger partial charge in [0.15, 0.2) is 21.3 Å². The van der Waals surface area contributed by atoms with Crippen molar-refractivity contribution in [1.29, 1.82) is 0 Å². The summed E-state index contributed by atoms with van der Waals surface area (Å²) in [6.45, 7) is 2.71. The molecule has 5 aliphatic rings. The third kappa shape index (κ3) is 3.91. The predicted molar refractivity (Wildman–Crippen MR) is 163 cm³/mol. The van der Waals surface area contributed by atoms with Gasteiger partial charge < -0.3 is 14.7 Å². The van der Waals surface area contributed by atoms with Crippen molar-refractivity contribution in [3.63, 3.8) is 0 Å². The quantitative estimate of drug-likeness (QED) is 0.219. The summed E-state index contributed by atoms with van der Waals surface area (Å²) < 4.78 is 20.1. The van der Waals surface area contributed by atoms with Crippen molar-refractivity contribution >= 4 is 74.1 Å². The summed E-state index contributed by atoms with van der Waals surface area (Å²) in [4.78, 5) is 55.6. The number of nitrogens with zero attached hydrogens (tertiary/aromatic N) is 3. The highest BCUT2D eigenvalue weighted by Crippen LogP contribution is 2.66. The Morgan fingerprint density at radius 2 is 1.64 bits per heavy atom. The SMILES string of the molecule is O=C1[C@H]2[C@H](CC=C3[C@H]2C[C@@]2(Cl)C(=O)N(CBr)C(=O)[C@@]2(Cl)[C@H]3c2cccc(F)c2O)C(=O)N1c1ccc(N2CCOCC2)cc1. The van der Waals surface area contributed by atoms with Crippen molar-refractivity contribution in [2.45, 2.75) is 28.5 Å². The van der Waals surface area contributed by atoms with E-state index in [2.05, 4.69) is 20.8 Å². The van der Waals surface area contributed by atoms with Gasteiger partial charge in [0.25, 0.3) is 11.8 Å². The highest BCUT2D eigenvalue weighted by Gasteiger charge is 2.76. The highest BCUT2D eigenvalue weighted by atomic mass is 79.9. The molecule has 3 aliphatic heterocycles. The standard InChI is InChI=1S/C31H27BrCl2FN3O6/c32-15-37-28(42)30(33)14-21-18(24(31(30,34)29(37)43)20-2-1-3-22(35)25(20)39)8-9-19-23(21)27(41)38(26(19)40)17-6-4-16(5-7-17)36-10-12-44-13-11-36/h1-8,19,21,23-24,39H,9-15H2/t19-,21+,23-,24+,30+,31-/m0/s1. The molecule has 0 aromatic heterocycles. The number of phenols is 1. The third-order valence-electron chi connectivity index (χ3n) is 9.83. The first-order chi connectivity index (χ1) is 21.0. The van der Waals surface area contributed by atoms with Gasteiger partial charge in [0, 0.05) is 30.3 Å². The monoisotopic (exact) mass is 705 g/mol. The largest absolute Gasteiger partial charge is 0.505 e. The minimum atomic E-state index is -2.12. The molecule has 0 unspecified atom stereocenters. The zero-order valence-electron chi connectivity index (χ0n) is 23.2. The Hall–Kier alpha value is -2.99. The molecule has 7 rings (SSSR count). The Morgan fingerprint density at radius 1 is 0.955 bits per heavy atom. The number of imide groups is 2. The molecule has 0 bridgehead atoms. The van der Waals surface area contributed by atoms with Gasteiger partial charge in [0.05, 0.1) is 36.2 Å². The van der Waals surface area contributed by atoms with Crippen molar-refractivity contribution in [3.8, 4) is 5.75 Å². The lowest BCUT2D eigenvalue weighted by atomic mass is 9.56. The molecule has 44 heavy (non-hydrogen) atoms. The normalized spacial score (nSPS) is 33.4. The van der Waals surface area contributed by atoms with E-state index in [1.165, 1.54) is 17.0 Å². The van der Waals surface area contributed by atoms with Gasteiger partial charge in [-0.05, 0) is 49.1 Å². The van der Waals surface area contributed by atoms with E-state index in [0.29, 0.717) is 24.5 Å². The van der Waals surface area contributed by atoms with Crippen LogP contribution in [0.5, 0.6) is 5.75 Å². The molecule has 1 N–H and O–H groups in total. The zero-order valence-corrected chi connectivity index (χ0v) is 26.3. The molecule has 9 nitrogen and oxygen atoms in total. The number of amides is 4. The fourth-order valence-corrected chi connectivity index (χ4v) is 9.17. The number of hydrogen-bond acceptors (Lipinski definition) is 7. The molecule has 0 spiro atoms. The van der Waals surface area contributed by atoms with Crippen LogP contribution in [-0.4, -0.2) is 75.1 Å². The molecule has 1 saturated carbocycles. The number of para-hydroxylation sites is 1. The number of benzene rings is 2. The van der Waals surface area contributed by atoms with Crippen molar-refractivity contribution in [1.82, 2.24) is 4.90 Å². The summed E-state index contributed by atoms with van der Waals surface area (Å²) in [6, 6.07) is 11.1. The number of morpholine rings is 1. The van der Waals surface area contributed by atoms with Gasteiger partial charge in [-0.3, -0.25) is 29.0 Å². The summed E-state index contributed by atoms with van der Waals surface area (Å²) in [5, 5.41) is 10.9. The van der Waals surface area contributed by atoms with Crippen LogP contribution in [0.2, 0.25) is 0 Å². The molecule has 13 heteroatoms. The third-order valence-corrected chi connectivity index (χ3v) is 11.7. The van der Waals surface area contributed by atoms with Crippen LogP contribution in [-0.2, 0) is 23.9 Å². The molecule has 6 atom stereocenters. The van der Waals surface area contributed by atoms with Gasteiger partial charge in [-0.1, -0.05) is 39.7 Å². The lowest BCUT2D eigenvalue weighted by molar-refractivity contribution is -0.138. The number of likely N-dealkylation sites (tertiary alicyclic amines) is 1. The number of rotatable bonds is 4. The minimum Gasteiger partial charge on any atom is -0.505 e. The Balaban J connectivity index is 1.30. The second-order valence-electron chi connectivity index (χ2n) is 11.8. The van der Waals surface area contributed by atoms with Crippen LogP contribution < -0.4 is 9.80 Å². The number of alkyl halides is 3. The molecule has 4 fully saturated rings. The average molecular weight is 707 g/mol. The summed E-state index contributed by atoms with van der Waals surface area (Å²) in [5.74, 6) is -7.71. The van der Waals surface area contributed by atoms with E-state index in [1.807, 2.05) is 12.1 Å². The van der Waals surface area contributed by atoms with Crippen LogP contribution in [0.3, 0.4) is 0 Å². The molecule has 0 radical (unpaired) electrons. The van der Waals surface area contributed by atoms with Crippen LogP contribution in [0.1, 0.15) is 24.3 Å². The van der Waals surface area contributed by atoms with Crippen molar-refractivity contribution < 1.29 is 33.4 Å². The summed E-state index contributed by atoms with van der Waals surface area (Å²) in [5.41, 5.74) is 1.64. The van der Waals surface area contributed by atoms with Crippen LogP contribution in [0.25, 0.3) is 0 Å². The fraction of sp³-hybridized carbons (Fsp3) is 0.419. The smallest absolute Gasteiger partial charge is 0.254 e. The molecule has 230 valence electrons. The first kappa shape index (κ1) is 29.7. The molecule has 3 heterocycles. The first-order valence-corrected chi connectivity index (χ1v) is 16.2. The number of phenolic OH excluding ortho intramolecular Hbond substituents is 1. The van der Waals surface area contributed by atoms with E-state index in [9.17, 15) is 28.7 Å². The highest BCUT2D eigenvalue weighted by molar-refractivity contribution is 9.09. The number of hydrogen-bond donors (Lipinski definition) is 1. The number of carbonyl (C=O) groups excluding carboxylic acids is 4. The minimum absolute atomic E-state index is 0.0238. The van der Waals surface area contributed by atoms with E-state index < -0.39 is 62.7 Å². The van der Waals surface area contributed by atoms with E-state index in [1.54, 1.807) is 18.2 Å². The van der Waals surface area contributed by atoms with Crippen molar-refractivity contribution in [3.05, 3.63) is 65.5 Å². The number of halogens is 4. The maximum absolute atomic E-state index is 14.7. The fourth-order valence-electron chi connectivity index (χ4n) is 7.75. The van der Waals surface area contributed by atoms with Crippen LogP contribution in [0, 0.1) is 23.6 Å². The van der Waals surface area contributed by atoms with Gasteiger partial charge >= 0.3 is 0 Å². The Morgan fingerprint density at radius 3 is 2.32 bits per heavy atom. The van der Waals surface area contributed by atoms with E-state index in [4.69, 9.17) is 27.9 Å². The van der Waals surface area contributed by atoms with E-state index in [0.717, 1.165) is 29.7 Å². The van der Waals surface area contributed by atoms with E-state index in [-0.39, 0.29) is 29.8 Å². The molecule has 2 aromatic carbocycles. The van der Waals surface area contributed by atoms with Gasteiger partial charge in [-0.15, -0.1) is 23.2 Å². The van der Waals surface area contributed by atoms with E-state index >= 15 is 0 Å². The predicted octanol–water partition coefficient (Wildman–Crippen LogP) is 4.28. The second-order valence-corrected chi connectivity index (χ2v) is 13.5. The number of allylic oxidation sites excluding steroid dienone is 2. The molecule has 2 aromatic rings. The number of fused-ring (bicyclic) bond motifs is 4.